The molecule has 0 spiro atoms. The summed E-state index contributed by atoms with van der Waals surface area (Å²) in [5, 5.41) is 5.47. The number of carbonyl (C=O) groups excluding carboxylic acids is 3. The third-order valence-electron chi connectivity index (χ3n) is 4.39. The van der Waals surface area contributed by atoms with Crippen LogP contribution in [0, 0.1) is 0 Å². The van der Waals surface area contributed by atoms with E-state index in [9.17, 15) is 14.4 Å². The molecule has 2 aromatic heterocycles. The number of fused-ring (bicyclic) bond motifs is 1. The van der Waals surface area contributed by atoms with Gasteiger partial charge >= 0.3 is 0 Å². The summed E-state index contributed by atoms with van der Waals surface area (Å²) >= 11 is 1.45. The molecule has 4 rings (SSSR count). The average molecular weight is 392 g/mol. The second-order valence-corrected chi connectivity index (χ2v) is 7.15. The van der Waals surface area contributed by atoms with Crippen LogP contribution in [0.5, 0.6) is 0 Å². The fourth-order valence-corrected chi connectivity index (χ4v) is 3.70. The van der Waals surface area contributed by atoms with E-state index in [2.05, 4.69) is 15.3 Å². The monoisotopic (exact) mass is 392 g/mol. The molecule has 0 fully saturated rings. The lowest BCUT2D eigenvalue weighted by molar-refractivity contribution is -0.121. The normalized spacial score (nSPS) is 12.9. The van der Waals surface area contributed by atoms with Gasteiger partial charge in [-0.2, -0.15) is 0 Å². The third-order valence-corrected chi connectivity index (χ3v) is 5.24. The molecule has 0 saturated carbocycles. The second kappa shape index (κ2) is 7.69. The molecule has 28 heavy (non-hydrogen) atoms. The predicted octanol–water partition coefficient (Wildman–Crippen LogP) is 2.51. The molecule has 0 unspecified atom stereocenters. The van der Waals surface area contributed by atoms with Crippen LogP contribution < -0.4 is 5.32 Å². The van der Waals surface area contributed by atoms with E-state index in [-0.39, 0.29) is 30.7 Å². The van der Waals surface area contributed by atoms with E-state index in [0.29, 0.717) is 17.7 Å². The predicted molar refractivity (Wildman–Crippen MR) is 104 cm³/mol. The van der Waals surface area contributed by atoms with Gasteiger partial charge in [0.25, 0.3) is 11.8 Å². The van der Waals surface area contributed by atoms with Crippen LogP contribution >= 0.6 is 11.3 Å². The summed E-state index contributed by atoms with van der Waals surface area (Å²) in [4.78, 5) is 46.4. The van der Waals surface area contributed by atoms with Gasteiger partial charge < -0.3 is 5.32 Å². The lowest BCUT2D eigenvalue weighted by atomic mass is 10.1. The molecule has 0 aliphatic carbocycles. The topological polar surface area (TPSA) is 92.3 Å². The van der Waals surface area contributed by atoms with Gasteiger partial charge in [0.05, 0.1) is 23.4 Å². The minimum absolute atomic E-state index is 0.0479. The van der Waals surface area contributed by atoms with Crippen LogP contribution in [0.3, 0.4) is 0 Å². The van der Waals surface area contributed by atoms with Crippen LogP contribution in [-0.2, 0) is 11.3 Å². The van der Waals surface area contributed by atoms with Crippen molar-refractivity contribution in [1.29, 1.82) is 0 Å². The van der Waals surface area contributed by atoms with Crippen molar-refractivity contribution in [2.45, 2.75) is 13.0 Å². The van der Waals surface area contributed by atoms with Gasteiger partial charge in [-0.1, -0.05) is 12.1 Å². The van der Waals surface area contributed by atoms with Crippen LogP contribution in [-0.4, -0.2) is 39.1 Å². The Labute approximate surface area is 165 Å². The number of imide groups is 1. The molecule has 8 heteroatoms. The van der Waals surface area contributed by atoms with E-state index in [0.717, 1.165) is 21.2 Å². The Kier molecular flexibility index (Phi) is 4.94. The second-order valence-electron chi connectivity index (χ2n) is 6.20. The number of amides is 3. The van der Waals surface area contributed by atoms with Gasteiger partial charge in [0, 0.05) is 36.3 Å². The summed E-state index contributed by atoms with van der Waals surface area (Å²) in [7, 11) is 0. The molecule has 0 saturated heterocycles. The maximum absolute atomic E-state index is 12.3. The maximum Gasteiger partial charge on any atom is 0.261 e. The molecular formula is C20H16N4O3S. The van der Waals surface area contributed by atoms with Gasteiger partial charge in [-0.25, -0.2) is 4.98 Å². The van der Waals surface area contributed by atoms with Crippen LogP contribution in [0.25, 0.3) is 11.3 Å². The molecule has 1 aliphatic heterocycles. The number of hydrogen-bond donors (Lipinski definition) is 1. The molecular weight excluding hydrogens is 376 g/mol. The van der Waals surface area contributed by atoms with Crippen LogP contribution in [0.15, 0.2) is 54.2 Å². The number of rotatable bonds is 6. The number of aromatic nitrogens is 2. The van der Waals surface area contributed by atoms with Crippen molar-refractivity contribution in [3.63, 3.8) is 0 Å². The van der Waals surface area contributed by atoms with E-state index < -0.39 is 0 Å². The molecule has 1 aromatic carbocycles. The zero-order valence-corrected chi connectivity index (χ0v) is 15.6. The number of thiazole rings is 1. The first kappa shape index (κ1) is 18.0. The quantitative estimate of drug-likeness (QED) is 0.651. The number of benzene rings is 1. The minimum atomic E-state index is -0.352. The Morgan fingerprint density at radius 2 is 1.82 bits per heavy atom. The van der Waals surface area contributed by atoms with Crippen molar-refractivity contribution in [2.24, 2.45) is 0 Å². The maximum atomic E-state index is 12.3. The fraction of sp³-hybridized carbons (Fsp3) is 0.150. The first-order chi connectivity index (χ1) is 13.6. The zero-order chi connectivity index (χ0) is 19.5. The van der Waals surface area contributed by atoms with Gasteiger partial charge in [-0.05, 0) is 24.3 Å². The summed E-state index contributed by atoms with van der Waals surface area (Å²) in [6.07, 6.45) is 3.48. The van der Waals surface area contributed by atoms with Gasteiger partial charge in [-0.3, -0.25) is 24.3 Å². The molecule has 3 aromatic rings. The Balaban J connectivity index is 1.30. The molecule has 1 N–H and O–H groups in total. The Morgan fingerprint density at radius 3 is 2.50 bits per heavy atom. The Morgan fingerprint density at radius 1 is 1.07 bits per heavy atom. The highest BCUT2D eigenvalue weighted by molar-refractivity contribution is 7.09. The number of nitrogens with zero attached hydrogens (tertiary/aromatic N) is 3. The molecule has 3 heterocycles. The van der Waals surface area contributed by atoms with Crippen molar-refractivity contribution < 1.29 is 14.4 Å². The largest absolute Gasteiger partial charge is 0.350 e. The van der Waals surface area contributed by atoms with Gasteiger partial charge in [-0.15, -0.1) is 11.3 Å². The average Bonchev–Trinajstić information content (AvgIpc) is 3.30. The van der Waals surface area contributed by atoms with E-state index in [1.807, 2.05) is 17.5 Å². The number of pyridine rings is 1. The van der Waals surface area contributed by atoms with Crippen molar-refractivity contribution in [1.82, 2.24) is 20.2 Å². The minimum Gasteiger partial charge on any atom is -0.350 e. The number of carbonyl (C=O) groups is 3. The highest BCUT2D eigenvalue weighted by Crippen LogP contribution is 2.23. The van der Waals surface area contributed by atoms with Crippen LogP contribution in [0.1, 0.15) is 32.1 Å². The molecule has 7 nitrogen and oxygen atoms in total. The van der Waals surface area contributed by atoms with Crippen molar-refractivity contribution in [2.75, 3.05) is 6.54 Å². The van der Waals surface area contributed by atoms with E-state index in [1.54, 1.807) is 36.7 Å². The smallest absolute Gasteiger partial charge is 0.261 e. The molecule has 0 bridgehead atoms. The SMILES string of the molecule is O=C(CCN1C(=O)c2ccccc2C1=O)NCc1nc(-c2cccnc2)cs1. The molecule has 140 valence electrons. The lowest BCUT2D eigenvalue weighted by Crippen LogP contribution is -2.34. The van der Waals surface area contributed by atoms with Crippen molar-refractivity contribution in [3.8, 4) is 11.3 Å². The summed E-state index contributed by atoms with van der Waals surface area (Å²) in [5.74, 6) is -0.946. The Bertz CT molecular complexity index is 1010. The summed E-state index contributed by atoms with van der Waals surface area (Å²) < 4.78 is 0. The molecule has 3 amide bonds. The van der Waals surface area contributed by atoms with Gasteiger partial charge in [0.2, 0.25) is 5.91 Å². The standard InChI is InChI=1S/C20H16N4O3S/c25-17(7-9-24-19(26)14-5-1-2-6-15(14)20(24)27)22-11-18-23-16(12-28-18)13-4-3-8-21-10-13/h1-6,8,10,12H,7,9,11H2,(H,22,25). The summed E-state index contributed by atoms with van der Waals surface area (Å²) in [5.41, 5.74) is 2.51. The molecule has 0 atom stereocenters. The number of nitrogens with one attached hydrogen (secondary N) is 1. The fourth-order valence-electron chi connectivity index (χ4n) is 2.96. The van der Waals surface area contributed by atoms with Crippen LogP contribution in [0.4, 0.5) is 0 Å². The zero-order valence-electron chi connectivity index (χ0n) is 14.8. The van der Waals surface area contributed by atoms with Crippen LogP contribution in [0.2, 0.25) is 0 Å². The van der Waals surface area contributed by atoms with Crippen molar-refractivity contribution in [3.05, 3.63) is 70.3 Å². The highest BCUT2D eigenvalue weighted by Gasteiger charge is 2.34. The van der Waals surface area contributed by atoms with Gasteiger partial charge in [0.15, 0.2) is 0 Å². The molecule has 1 aliphatic rings. The van der Waals surface area contributed by atoms with Gasteiger partial charge in [0.1, 0.15) is 5.01 Å². The Hall–Kier alpha value is -3.39. The van der Waals surface area contributed by atoms with E-state index >= 15 is 0 Å². The third kappa shape index (κ3) is 3.54. The number of hydrogen-bond acceptors (Lipinski definition) is 6. The van der Waals surface area contributed by atoms with E-state index in [1.165, 1.54) is 11.3 Å². The summed E-state index contributed by atoms with van der Waals surface area (Å²) in [6.45, 7) is 0.350. The highest BCUT2D eigenvalue weighted by atomic mass is 32.1. The first-order valence-corrected chi connectivity index (χ1v) is 9.58. The van der Waals surface area contributed by atoms with E-state index in [4.69, 9.17) is 0 Å². The van der Waals surface area contributed by atoms with Crippen molar-refractivity contribution >= 4 is 29.1 Å². The lowest BCUT2D eigenvalue weighted by Gasteiger charge is -2.13. The molecule has 0 radical (unpaired) electrons. The summed E-state index contributed by atoms with van der Waals surface area (Å²) in [6, 6.07) is 10.4. The first-order valence-electron chi connectivity index (χ1n) is 8.70.